The Morgan fingerprint density at radius 2 is 1.67 bits per heavy atom. The highest BCUT2D eigenvalue weighted by Crippen LogP contribution is 2.27. The number of hydrogen-bond donors (Lipinski definition) is 1. The fourth-order valence-electron chi connectivity index (χ4n) is 3.70. The summed E-state index contributed by atoms with van der Waals surface area (Å²) in [7, 11) is 0. The van der Waals surface area contributed by atoms with Gasteiger partial charge in [0.1, 0.15) is 5.82 Å². The third-order valence-corrected chi connectivity index (χ3v) is 5.39. The van der Waals surface area contributed by atoms with Crippen molar-refractivity contribution in [1.29, 1.82) is 0 Å². The molecule has 0 saturated heterocycles. The van der Waals surface area contributed by atoms with Crippen LogP contribution in [0.15, 0.2) is 24.3 Å². The highest BCUT2D eigenvalue weighted by atomic mass is 19.2. The SMILES string of the molecule is NC(CC(=O)N1CCn2c(nnc2-c2ccc(F)c(F)c2F)C1)Cc1cc(F)c(F)cc1F. The van der Waals surface area contributed by atoms with Crippen LogP contribution in [0.1, 0.15) is 17.8 Å². The van der Waals surface area contributed by atoms with E-state index in [4.69, 9.17) is 5.73 Å². The summed E-state index contributed by atoms with van der Waals surface area (Å²) >= 11 is 0. The van der Waals surface area contributed by atoms with Crippen LogP contribution in [0.5, 0.6) is 0 Å². The van der Waals surface area contributed by atoms with Crippen molar-refractivity contribution in [2.75, 3.05) is 6.54 Å². The molecule has 3 aromatic rings. The van der Waals surface area contributed by atoms with Crippen LogP contribution in [-0.4, -0.2) is 38.2 Å². The predicted octanol–water partition coefficient (Wildman–Crippen LogP) is 3.08. The van der Waals surface area contributed by atoms with Crippen LogP contribution < -0.4 is 5.73 Å². The number of rotatable bonds is 5. The highest BCUT2D eigenvalue weighted by Gasteiger charge is 2.28. The number of carbonyl (C=O) groups excluding carboxylic acids is 1. The molecular weight excluding hydrogens is 452 g/mol. The van der Waals surface area contributed by atoms with Gasteiger partial charge in [0.15, 0.2) is 40.7 Å². The Labute approximate surface area is 183 Å². The van der Waals surface area contributed by atoms with Gasteiger partial charge in [0, 0.05) is 31.6 Å². The number of hydrogen-bond acceptors (Lipinski definition) is 4. The van der Waals surface area contributed by atoms with Crippen molar-refractivity contribution in [3.05, 3.63) is 70.6 Å². The zero-order chi connectivity index (χ0) is 23.9. The van der Waals surface area contributed by atoms with Gasteiger partial charge in [-0.15, -0.1) is 10.2 Å². The van der Waals surface area contributed by atoms with E-state index in [1.165, 1.54) is 9.47 Å². The van der Waals surface area contributed by atoms with E-state index in [0.29, 0.717) is 18.0 Å². The maximum atomic E-state index is 14.2. The molecule has 1 amide bonds. The zero-order valence-electron chi connectivity index (χ0n) is 17.0. The van der Waals surface area contributed by atoms with Crippen LogP contribution in [0.2, 0.25) is 0 Å². The molecule has 33 heavy (non-hydrogen) atoms. The quantitative estimate of drug-likeness (QED) is 0.354. The van der Waals surface area contributed by atoms with Crippen LogP contribution in [0.4, 0.5) is 26.3 Å². The number of aromatic nitrogens is 3. The molecule has 1 aliphatic heterocycles. The fourth-order valence-corrected chi connectivity index (χ4v) is 3.70. The molecule has 1 aromatic heterocycles. The Bertz CT molecular complexity index is 1230. The Morgan fingerprint density at radius 1 is 0.939 bits per heavy atom. The summed E-state index contributed by atoms with van der Waals surface area (Å²) in [6.45, 7) is 0.340. The lowest BCUT2D eigenvalue weighted by Crippen LogP contribution is -2.41. The normalized spacial score (nSPS) is 14.3. The van der Waals surface area contributed by atoms with Crippen LogP contribution in [0, 0.1) is 34.9 Å². The lowest BCUT2D eigenvalue weighted by atomic mass is 10.0. The van der Waals surface area contributed by atoms with Crippen LogP contribution in [-0.2, 0) is 24.3 Å². The minimum Gasteiger partial charge on any atom is -0.333 e. The van der Waals surface area contributed by atoms with E-state index < -0.39 is 40.9 Å². The molecule has 0 bridgehead atoms. The molecule has 0 radical (unpaired) electrons. The first-order valence-corrected chi connectivity index (χ1v) is 9.88. The summed E-state index contributed by atoms with van der Waals surface area (Å²) in [6.07, 6.45) is -0.379. The largest absolute Gasteiger partial charge is 0.333 e. The molecule has 12 heteroatoms. The van der Waals surface area contributed by atoms with Crippen molar-refractivity contribution < 1.29 is 31.1 Å². The molecule has 2 heterocycles. The number of carbonyl (C=O) groups is 1. The fraction of sp³-hybridized carbons (Fsp3) is 0.286. The molecule has 174 valence electrons. The average Bonchev–Trinajstić information content (AvgIpc) is 3.19. The van der Waals surface area contributed by atoms with Gasteiger partial charge in [-0.2, -0.15) is 0 Å². The van der Waals surface area contributed by atoms with E-state index in [1.807, 2.05) is 0 Å². The summed E-state index contributed by atoms with van der Waals surface area (Å²) in [5.74, 6) is -7.92. The molecule has 1 unspecified atom stereocenters. The van der Waals surface area contributed by atoms with Crippen molar-refractivity contribution in [3.63, 3.8) is 0 Å². The Kier molecular flexibility index (Phi) is 6.11. The molecular formula is C21H17F6N5O. The van der Waals surface area contributed by atoms with Gasteiger partial charge in [-0.25, -0.2) is 26.3 Å². The standard InChI is InChI=1S/C21H17F6N5O/c22-13-2-1-12(19(26)20(13)27)21-30-29-17-9-31(3-4-32(17)21)18(33)7-11(28)5-10-6-15(24)16(25)8-14(10)23/h1-2,6,8,11H,3-5,7,9,28H2. The molecule has 2 aromatic carbocycles. The lowest BCUT2D eigenvalue weighted by molar-refractivity contribution is -0.133. The number of halogens is 6. The topological polar surface area (TPSA) is 77.0 Å². The zero-order valence-corrected chi connectivity index (χ0v) is 17.0. The monoisotopic (exact) mass is 469 g/mol. The molecule has 0 spiro atoms. The van der Waals surface area contributed by atoms with Gasteiger partial charge in [-0.05, 0) is 30.2 Å². The molecule has 0 fully saturated rings. The van der Waals surface area contributed by atoms with Gasteiger partial charge in [0.25, 0.3) is 0 Å². The summed E-state index contributed by atoms with van der Waals surface area (Å²) in [5, 5.41) is 7.76. The van der Waals surface area contributed by atoms with Gasteiger partial charge < -0.3 is 15.2 Å². The smallest absolute Gasteiger partial charge is 0.224 e. The second-order valence-corrected chi connectivity index (χ2v) is 7.66. The van der Waals surface area contributed by atoms with Gasteiger partial charge in [-0.3, -0.25) is 4.79 Å². The van der Waals surface area contributed by atoms with E-state index in [-0.39, 0.29) is 55.3 Å². The Hall–Kier alpha value is -3.41. The third kappa shape index (κ3) is 4.42. The number of benzene rings is 2. The molecule has 4 rings (SSSR count). The highest BCUT2D eigenvalue weighted by molar-refractivity contribution is 5.77. The average molecular weight is 469 g/mol. The maximum absolute atomic E-state index is 14.2. The van der Waals surface area contributed by atoms with E-state index in [0.717, 1.165) is 12.1 Å². The van der Waals surface area contributed by atoms with Crippen molar-refractivity contribution in [2.45, 2.75) is 32.0 Å². The molecule has 0 aliphatic carbocycles. The van der Waals surface area contributed by atoms with E-state index in [2.05, 4.69) is 10.2 Å². The number of nitrogens with two attached hydrogens (primary N) is 1. The third-order valence-electron chi connectivity index (χ3n) is 5.39. The second kappa shape index (κ2) is 8.85. The first-order valence-electron chi connectivity index (χ1n) is 9.88. The maximum Gasteiger partial charge on any atom is 0.224 e. The van der Waals surface area contributed by atoms with Crippen LogP contribution in [0.25, 0.3) is 11.4 Å². The summed E-state index contributed by atoms with van der Waals surface area (Å²) in [5.41, 5.74) is 5.51. The van der Waals surface area contributed by atoms with Crippen molar-refractivity contribution in [3.8, 4) is 11.4 Å². The summed E-state index contributed by atoms with van der Waals surface area (Å²) < 4.78 is 82.7. The van der Waals surface area contributed by atoms with Crippen LogP contribution >= 0.6 is 0 Å². The summed E-state index contributed by atoms with van der Waals surface area (Å²) in [4.78, 5) is 14.1. The number of fused-ring (bicyclic) bond motifs is 1. The minimum atomic E-state index is -1.62. The lowest BCUT2D eigenvalue weighted by Gasteiger charge is -2.29. The molecule has 2 N–H and O–H groups in total. The van der Waals surface area contributed by atoms with E-state index >= 15 is 0 Å². The van der Waals surface area contributed by atoms with Gasteiger partial charge >= 0.3 is 0 Å². The Balaban J connectivity index is 1.44. The summed E-state index contributed by atoms with van der Waals surface area (Å²) in [6, 6.07) is 2.11. The first-order chi connectivity index (χ1) is 15.7. The van der Waals surface area contributed by atoms with Crippen molar-refractivity contribution >= 4 is 5.91 Å². The molecule has 1 aliphatic rings. The first kappa shape index (κ1) is 22.8. The van der Waals surface area contributed by atoms with Crippen molar-refractivity contribution in [1.82, 2.24) is 19.7 Å². The van der Waals surface area contributed by atoms with Gasteiger partial charge in [0.05, 0.1) is 12.1 Å². The predicted molar refractivity (Wildman–Crippen MR) is 103 cm³/mol. The Morgan fingerprint density at radius 3 is 2.42 bits per heavy atom. The van der Waals surface area contributed by atoms with E-state index in [9.17, 15) is 31.1 Å². The van der Waals surface area contributed by atoms with Crippen molar-refractivity contribution in [2.24, 2.45) is 5.73 Å². The number of nitrogens with zero attached hydrogens (tertiary/aromatic N) is 4. The molecule has 1 atom stereocenters. The molecule has 6 nitrogen and oxygen atoms in total. The van der Waals surface area contributed by atoms with Crippen LogP contribution in [0.3, 0.4) is 0 Å². The molecule has 0 saturated carbocycles. The second-order valence-electron chi connectivity index (χ2n) is 7.66. The van der Waals surface area contributed by atoms with Gasteiger partial charge in [-0.1, -0.05) is 0 Å². The minimum absolute atomic E-state index is 0.000915. The van der Waals surface area contributed by atoms with E-state index in [1.54, 1.807) is 0 Å². The number of amides is 1. The van der Waals surface area contributed by atoms with Gasteiger partial charge in [0.2, 0.25) is 5.91 Å².